The van der Waals surface area contributed by atoms with Crippen LogP contribution in [0.2, 0.25) is 5.02 Å². The quantitative estimate of drug-likeness (QED) is 0.130. The zero-order valence-electron chi connectivity index (χ0n) is 34.0. The van der Waals surface area contributed by atoms with Gasteiger partial charge in [-0.05, 0) is 136 Å². The standard InChI is InChI=1S/C45H66ClN3.3ClH.V/c1-9-15-21-35-27-37(23-17-11-3)44(38(28-35)24-18-12-4)47-33(7)42-31-41(46)32-43(49-42)34(8)48-45-39(25-19-13-5)29-36(22-16-10-2)30-40(45)26-20-14-6;;;;/h27-32H,9-26H2,1-8H3;3*1H;/p-3. The summed E-state index contributed by atoms with van der Waals surface area (Å²) in [4.78, 5) is 15.9. The molecule has 53 heavy (non-hydrogen) atoms. The molecule has 3 nitrogen and oxygen atoms in total. The predicted octanol–water partition coefficient (Wildman–Crippen LogP) is 5.08. The predicted molar refractivity (Wildman–Crippen MR) is 218 cm³/mol. The van der Waals surface area contributed by atoms with Crippen LogP contribution in [0.25, 0.3) is 0 Å². The van der Waals surface area contributed by atoms with Crippen LogP contribution in [0.4, 0.5) is 11.4 Å². The molecule has 3 aromatic rings. The van der Waals surface area contributed by atoms with Crippen LogP contribution in [0.3, 0.4) is 0 Å². The van der Waals surface area contributed by atoms with E-state index in [1.165, 1.54) is 110 Å². The van der Waals surface area contributed by atoms with E-state index in [1.807, 2.05) is 12.1 Å². The van der Waals surface area contributed by atoms with Crippen molar-refractivity contribution in [3.63, 3.8) is 0 Å². The molecule has 3 rings (SSSR count). The van der Waals surface area contributed by atoms with Gasteiger partial charge in [-0.1, -0.05) is 116 Å². The zero-order chi connectivity index (χ0) is 35.6. The third kappa shape index (κ3) is 17.6. The van der Waals surface area contributed by atoms with Gasteiger partial charge in [0.1, 0.15) is 0 Å². The molecule has 0 saturated heterocycles. The van der Waals surface area contributed by atoms with E-state index < -0.39 is 0 Å². The molecule has 0 aliphatic heterocycles. The number of hydrogen-bond donors (Lipinski definition) is 0. The van der Waals surface area contributed by atoms with Crippen molar-refractivity contribution >= 4 is 34.4 Å². The molecule has 0 bridgehead atoms. The summed E-state index contributed by atoms with van der Waals surface area (Å²) >= 11 is 6.83. The first-order chi connectivity index (χ1) is 23.8. The molecule has 8 heteroatoms. The van der Waals surface area contributed by atoms with Crippen molar-refractivity contribution in [2.75, 3.05) is 0 Å². The topological polar surface area (TPSA) is 37.6 Å². The molecular weight excluding hydrogens is 775 g/mol. The Morgan fingerprint density at radius 3 is 1.00 bits per heavy atom. The summed E-state index contributed by atoms with van der Waals surface area (Å²) in [7, 11) is 0. The fourth-order valence-electron chi connectivity index (χ4n) is 6.55. The molecular formula is C45H66Cl4N3V-3. The molecule has 0 aliphatic carbocycles. The van der Waals surface area contributed by atoms with Crippen LogP contribution < -0.4 is 37.2 Å². The third-order valence-electron chi connectivity index (χ3n) is 9.58. The SMILES string of the molecule is CCCCc1cc(CCCC)c(N=C(C)c2cc(Cl)cc(C(C)=Nc3c(CCCC)cc(CCCC)cc3CCCC)n2)c(CCCC)c1.[Cl-].[Cl-].[Cl-].[V]. The van der Waals surface area contributed by atoms with Crippen LogP contribution in [0, 0.1) is 0 Å². The monoisotopic (exact) mass is 839 g/mol. The van der Waals surface area contributed by atoms with Gasteiger partial charge in [0.2, 0.25) is 0 Å². The average Bonchev–Trinajstić information content (AvgIpc) is 3.10. The van der Waals surface area contributed by atoms with Crippen LogP contribution in [0.1, 0.15) is 177 Å². The second-order valence-electron chi connectivity index (χ2n) is 14.1. The minimum atomic E-state index is 0. The molecule has 0 unspecified atom stereocenters. The van der Waals surface area contributed by atoms with Gasteiger partial charge >= 0.3 is 0 Å². The number of rotatable bonds is 22. The van der Waals surface area contributed by atoms with E-state index in [0.717, 1.165) is 72.7 Å². The minimum absolute atomic E-state index is 0. The van der Waals surface area contributed by atoms with Crippen LogP contribution in [0.5, 0.6) is 0 Å². The Kier molecular flexibility index (Phi) is 30.3. The molecule has 0 atom stereocenters. The largest absolute Gasteiger partial charge is 1.00 e. The van der Waals surface area contributed by atoms with E-state index in [1.54, 1.807) is 0 Å². The second kappa shape index (κ2) is 29.9. The van der Waals surface area contributed by atoms with Crippen molar-refractivity contribution in [1.82, 2.24) is 4.98 Å². The number of aliphatic imine (C=N–C) groups is 2. The fraction of sp³-hybridized carbons (Fsp3) is 0.578. The minimum Gasteiger partial charge on any atom is -1.00 e. The van der Waals surface area contributed by atoms with Gasteiger partial charge in [0, 0.05) is 23.6 Å². The summed E-state index contributed by atoms with van der Waals surface area (Å²) in [5.74, 6) is 0. The molecule has 0 fully saturated rings. The van der Waals surface area contributed by atoms with Crippen molar-refractivity contribution in [2.24, 2.45) is 9.98 Å². The molecule has 1 aromatic heterocycles. The Balaban J connectivity index is 0. The number of hydrogen-bond acceptors (Lipinski definition) is 3. The molecule has 0 aliphatic rings. The number of pyridine rings is 1. The van der Waals surface area contributed by atoms with Crippen molar-refractivity contribution in [3.8, 4) is 0 Å². The molecule has 2 aromatic carbocycles. The normalized spacial score (nSPS) is 11.3. The first kappa shape index (κ1) is 53.8. The summed E-state index contributed by atoms with van der Waals surface area (Å²) < 4.78 is 0. The van der Waals surface area contributed by atoms with Crippen LogP contribution in [-0.2, 0) is 57.1 Å². The maximum absolute atomic E-state index is 6.83. The molecule has 1 radical (unpaired) electrons. The smallest absolute Gasteiger partial charge is 0.0864 e. The van der Waals surface area contributed by atoms with E-state index >= 15 is 0 Å². The number of nitrogens with zero attached hydrogens (tertiary/aromatic N) is 3. The molecule has 1 heterocycles. The molecule has 0 amide bonds. The summed E-state index contributed by atoms with van der Waals surface area (Å²) in [5.41, 5.74) is 14.2. The summed E-state index contributed by atoms with van der Waals surface area (Å²) in [6.07, 6.45) is 20.7. The van der Waals surface area contributed by atoms with Crippen molar-refractivity contribution in [3.05, 3.63) is 86.2 Å². The van der Waals surface area contributed by atoms with Gasteiger partial charge in [-0.3, -0.25) is 9.98 Å². The van der Waals surface area contributed by atoms with Gasteiger partial charge in [0.05, 0.1) is 34.2 Å². The summed E-state index contributed by atoms with van der Waals surface area (Å²) in [6, 6.07) is 13.7. The van der Waals surface area contributed by atoms with E-state index in [2.05, 4.69) is 79.7 Å². The van der Waals surface area contributed by atoms with Gasteiger partial charge in [-0.2, -0.15) is 0 Å². The number of unbranched alkanes of at least 4 members (excludes halogenated alkanes) is 6. The molecule has 297 valence electrons. The Morgan fingerprint density at radius 2 is 0.736 bits per heavy atom. The second-order valence-corrected chi connectivity index (χ2v) is 14.5. The molecule has 0 N–H and O–H groups in total. The zero-order valence-corrected chi connectivity index (χ0v) is 38.4. The molecule has 0 spiro atoms. The van der Waals surface area contributed by atoms with Gasteiger partial charge < -0.3 is 37.2 Å². The number of aromatic nitrogens is 1. The van der Waals surface area contributed by atoms with E-state index in [4.69, 9.17) is 26.6 Å². The fourth-order valence-corrected chi connectivity index (χ4v) is 6.76. The first-order valence-electron chi connectivity index (χ1n) is 19.9. The van der Waals surface area contributed by atoms with Crippen LogP contribution >= 0.6 is 11.6 Å². The van der Waals surface area contributed by atoms with E-state index in [0.29, 0.717) is 5.02 Å². The number of halogens is 4. The van der Waals surface area contributed by atoms with Gasteiger partial charge in [-0.25, -0.2) is 4.98 Å². The Bertz CT molecular complexity index is 1370. The number of benzene rings is 2. The van der Waals surface area contributed by atoms with Crippen LogP contribution in [-0.4, -0.2) is 16.4 Å². The van der Waals surface area contributed by atoms with Gasteiger partial charge in [0.15, 0.2) is 0 Å². The average molecular weight is 842 g/mol. The summed E-state index contributed by atoms with van der Waals surface area (Å²) in [5, 5.41) is 0.670. The Labute approximate surface area is 360 Å². The van der Waals surface area contributed by atoms with Crippen molar-refractivity contribution in [1.29, 1.82) is 0 Å². The Hall–Kier alpha value is -1.33. The maximum atomic E-state index is 6.83. The van der Waals surface area contributed by atoms with Crippen molar-refractivity contribution in [2.45, 2.75) is 171 Å². The van der Waals surface area contributed by atoms with E-state index in [9.17, 15) is 0 Å². The van der Waals surface area contributed by atoms with Crippen LogP contribution in [0.15, 0.2) is 46.4 Å². The number of aryl methyl sites for hydroxylation is 6. The van der Waals surface area contributed by atoms with Gasteiger partial charge in [0.25, 0.3) is 0 Å². The maximum Gasteiger partial charge on any atom is 0.0864 e. The Morgan fingerprint density at radius 1 is 0.472 bits per heavy atom. The first-order valence-corrected chi connectivity index (χ1v) is 20.2. The van der Waals surface area contributed by atoms with E-state index in [-0.39, 0.29) is 55.8 Å². The molecule has 0 saturated carbocycles. The van der Waals surface area contributed by atoms with Gasteiger partial charge in [-0.15, -0.1) is 0 Å². The van der Waals surface area contributed by atoms with Crippen molar-refractivity contribution < 1.29 is 55.8 Å². The summed E-state index contributed by atoms with van der Waals surface area (Å²) in [6.45, 7) is 17.8. The third-order valence-corrected chi connectivity index (χ3v) is 9.80.